The van der Waals surface area contributed by atoms with E-state index in [2.05, 4.69) is 10.1 Å². The number of carbonyl (C=O) groups is 1. The summed E-state index contributed by atoms with van der Waals surface area (Å²) in [6.45, 7) is 1.63. The summed E-state index contributed by atoms with van der Waals surface area (Å²) in [7, 11) is 4.23. The molecular weight excluding hydrogens is 432 g/mol. The molecule has 0 saturated heterocycles. The summed E-state index contributed by atoms with van der Waals surface area (Å²) in [5.74, 6) is 0.305. The van der Waals surface area contributed by atoms with Crippen molar-refractivity contribution >= 4 is 23.1 Å². The zero-order valence-corrected chi connectivity index (χ0v) is 18.4. The molecule has 1 N–H and O–H groups in total. The van der Waals surface area contributed by atoms with Gasteiger partial charge in [-0.25, -0.2) is 9.67 Å². The summed E-state index contributed by atoms with van der Waals surface area (Å²) in [6.07, 6.45) is -0.205. The Hall–Kier alpha value is -4.41. The maximum atomic E-state index is 13.3. The topological polar surface area (TPSA) is 138 Å². The summed E-state index contributed by atoms with van der Waals surface area (Å²) in [5.41, 5.74) is 0.969. The summed E-state index contributed by atoms with van der Waals surface area (Å²) in [5, 5.41) is 13.8. The number of nitro groups is 1. The Morgan fingerprint density at radius 3 is 2.39 bits per heavy atom. The van der Waals surface area contributed by atoms with Gasteiger partial charge in [0, 0.05) is 12.1 Å². The van der Waals surface area contributed by atoms with E-state index >= 15 is 0 Å². The SMILES string of the molecule is COC(=O)Cc1[nH]n(-c2ccc([N+](=O)[O-])cc2)c(=O)c1C(C)=Nc1cccc(OC)c1OC. The summed E-state index contributed by atoms with van der Waals surface area (Å²) in [4.78, 5) is 40.2. The fourth-order valence-electron chi connectivity index (χ4n) is 3.30. The summed E-state index contributed by atoms with van der Waals surface area (Å²) < 4.78 is 16.6. The largest absolute Gasteiger partial charge is 0.493 e. The number of rotatable bonds is 8. The Bertz CT molecular complexity index is 1270. The van der Waals surface area contributed by atoms with Crippen LogP contribution < -0.4 is 15.0 Å². The zero-order valence-electron chi connectivity index (χ0n) is 18.4. The van der Waals surface area contributed by atoms with E-state index in [1.165, 1.54) is 50.3 Å². The number of nitrogens with zero attached hydrogens (tertiary/aromatic N) is 3. The predicted molar refractivity (Wildman–Crippen MR) is 120 cm³/mol. The van der Waals surface area contributed by atoms with E-state index in [-0.39, 0.29) is 23.4 Å². The molecule has 172 valence electrons. The molecule has 0 aliphatic heterocycles. The molecule has 0 amide bonds. The van der Waals surface area contributed by atoms with Gasteiger partial charge in [-0.3, -0.25) is 24.8 Å². The number of methoxy groups -OCH3 is 3. The molecule has 2 aromatic carbocycles. The lowest BCUT2D eigenvalue weighted by Crippen LogP contribution is -2.20. The van der Waals surface area contributed by atoms with E-state index < -0.39 is 16.5 Å². The smallest absolute Gasteiger partial charge is 0.311 e. The van der Waals surface area contributed by atoms with Crippen molar-refractivity contribution in [3.05, 3.63) is 74.2 Å². The number of H-pyrrole nitrogens is 1. The van der Waals surface area contributed by atoms with Crippen molar-refractivity contribution in [3.63, 3.8) is 0 Å². The fourth-order valence-corrected chi connectivity index (χ4v) is 3.30. The molecule has 1 aromatic heterocycles. The molecule has 0 aliphatic carbocycles. The van der Waals surface area contributed by atoms with Gasteiger partial charge in [0.05, 0.1) is 55.3 Å². The Morgan fingerprint density at radius 2 is 1.82 bits per heavy atom. The first-order valence-electron chi connectivity index (χ1n) is 9.72. The van der Waals surface area contributed by atoms with Gasteiger partial charge in [-0.15, -0.1) is 0 Å². The van der Waals surface area contributed by atoms with Crippen LogP contribution in [-0.4, -0.2) is 47.7 Å². The molecule has 0 aliphatic rings. The molecular formula is C22H22N4O7. The van der Waals surface area contributed by atoms with Crippen molar-refractivity contribution in [3.8, 4) is 17.2 Å². The number of non-ortho nitro benzene ring substituents is 1. The third kappa shape index (κ3) is 4.76. The summed E-state index contributed by atoms with van der Waals surface area (Å²) >= 11 is 0. The van der Waals surface area contributed by atoms with Crippen LogP contribution >= 0.6 is 0 Å². The molecule has 11 nitrogen and oxygen atoms in total. The van der Waals surface area contributed by atoms with Gasteiger partial charge < -0.3 is 14.2 Å². The lowest BCUT2D eigenvalue weighted by Gasteiger charge is -2.10. The van der Waals surface area contributed by atoms with E-state index in [9.17, 15) is 19.7 Å². The van der Waals surface area contributed by atoms with Crippen molar-refractivity contribution < 1.29 is 23.9 Å². The van der Waals surface area contributed by atoms with Gasteiger partial charge in [-0.05, 0) is 31.2 Å². The number of aliphatic imine (C=N–C) groups is 1. The molecule has 0 spiro atoms. The average Bonchev–Trinajstić information content (AvgIpc) is 3.14. The fraction of sp³-hybridized carbons (Fsp3) is 0.227. The lowest BCUT2D eigenvalue weighted by atomic mass is 10.1. The Kier molecular flexibility index (Phi) is 6.91. The number of nitrogens with one attached hydrogen (secondary N) is 1. The number of nitro benzene ring substituents is 1. The van der Waals surface area contributed by atoms with Crippen LogP contribution in [0.1, 0.15) is 18.2 Å². The van der Waals surface area contributed by atoms with Crippen LogP contribution in [0, 0.1) is 10.1 Å². The second kappa shape index (κ2) is 9.81. The number of ether oxygens (including phenoxy) is 3. The molecule has 11 heteroatoms. The maximum Gasteiger partial charge on any atom is 0.311 e. The molecule has 0 unspecified atom stereocenters. The highest BCUT2D eigenvalue weighted by molar-refractivity contribution is 6.02. The van der Waals surface area contributed by atoms with Crippen LogP contribution in [0.5, 0.6) is 11.5 Å². The van der Waals surface area contributed by atoms with Gasteiger partial charge in [-0.1, -0.05) is 6.07 Å². The second-order valence-electron chi connectivity index (χ2n) is 6.84. The van der Waals surface area contributed by atoms with Crippen LogP contribution in [-0.2, 0) is 16.0 Å². The number of aromatic amines is 1. The number of hydrogen-bond acceptors (Lipinski definition) is 8. The minimum Gasteiger partial charge on any atom is -0.493 e. The highest BCUT2D eigenvalue weighted by Crippen LogP contribution is 2.37. The monoisotopic (exact) mass is 454 g/mol. The molecule has 0 radical (unpaired) electrons. The third-order valence-electron chi connectivity index (χ3n) is 4.87. The van der Waals surface area contributed by atoms with Gasteiger partial charge >= 0.3 is 5.97 Å². The number of para-hydroxylation sites is 1. The molecule has 0 fully saturated rings. The van der Waals surface area contributed by atoms with Gasteiger partial charge in [0.15, 0.2) is 11.5 Å². The molecule has 33 heavy (non-hydrogen) atoms. The van der Waals surface area contributed by atoms with E-state index in [0.717, 1.165) is 0 Å². The van der Waals surface area contributed by atoms with Crippen LogP contribution in [0.15, 0.2) is 52.3 Å². The Balaban J connectivity index is 2.16. The van der Waals surface area contributed by atoms with Crippen molar-refractivity contribution in [1.29, 1.82) is 0 Å². The van der Waals surface area contributed by atoms with Crippen LogP contribution in [0.4, 0.5) is 11.4 Å². The highest BCUT2D eigenvalue weighted by Gasteiger charge is 2.21. The van der Waals surface area contributed by atoms with Crippen LogP contribution in [0.3, 0.4) is 0 Å². The number of esters is 1. The number of carbonyl (C=O) groups excluding carboxylic acids is 1. The molecule has 3 aromatic rings. The van der Waals surface area contributed by atoms with E-state index in [0.29, 0.717) is 28.6 Å². The third-order valence-corrected chi connectivity index (χ3v) is 4.87. The molecule has 0 atom stereocenters. The minimum absolute atomic E-state index is 0.115. The first-order valence-corrected chi connectivity index (χ1v) is 9.72. The average molecular weight is 454 g/mol. The highest BCUT2D eigenvalue weighted by atomic mass is 16.6. The Labute approximate surface area is 188 Å². The number of benzene rings is 2. The molecule has 0 saturated carbocycles. The van der Waals surface area contributed by atoms with Gasteiger partial charge in [0.1, 0.15) is 5.69 Å². The number of aromatic nitrogens is 2. The number of hydrogen-bond donors (Lipinski definition) is 1. The van der Waals surface area contributed by atoms with E-state index in [1.54, 1.807) is 25.1 Å². The van der Waals surface area contributed by atoms with Gasteiger partial charge in [0.2, 0.25) is 0 Å². The van der Waals surface area contributed by atoms with Crippen molar-refractivity contribution in [2.24, 2.45) is 4.99 Å². The van der Waals surface area contributed by atoms with Crippen molar-refractivity contribution in [1.82, 2.24) is 9.78 Å². The standard InChI is InChI=1S/C22H22N4O7/c1-13(23-16-6-5-7-18(31-2)21(16)33-4)20-17(12-19(27)32-3)24-25(22(20)28)14-8-10-15(11-9-14)26(29)30/h5-11,24H,12H2,1-4H3. The van der Waals surface area contributed by atoms with E-state index in [1.807, 2.05) is 0 Å². The van der Waals surface area contributed by atoms with Crippen molar-refractivity contribution in [2.75, 3.05) is 21.3 Å². The van der Waals surface area contributed by atoms with Crippen LogP contribution in [0.2, 0.25) is 0 Å². The molecule has 1 heterocycles. The molecule has 0 bridgehead atoms. The first kappa shape index (κ1) is 23.3. The maximum absolute atomic E-state index is 13.3. The zero-order chi connectivity index (χ0) is 24.1. The van der Waals surface area contributed by atoms with Gasteiger partial charge in [0.25, 0.3) is 11.2 Å². The molecule has 3 rings (SSSR count). The second-order valence-corrected chi connectivity index (χ2v) is 6.84. The predicted octanol–water partition coefficient (Wildman–Crippen LogP) is 2.95. The van der Waals surface area contributed by atoms with Gasteiger partial charge in [-0.2, -0.15) is 0 Å². The summed E-state index contributed by atoms with van der Waals surface area (Å²) in [6, 6.07) is 10.6. The quantitative estimate of drug-likeness (QED) is 0.239. The normalized spacial score (nSPS) is 11.2. The minimum atomic E-state index is -0.555. The lowest BCUT2D eigenvalue weighted by molar-refractivity contribution is -0.384. The van der Waals surface area contributed by atoms with E-state index in [4.69, 9.17) is 14.2 Å². The van der Waals surface area contributed by atoms with Crippen LogP contribution in [0.25, 0.3) is 5.69 Å². The van der Waals surface area contributed by atoms with Crippen molar-refractivity contribution in [2.45, 2.75) is 13.3 Å². The Morgan fingerprint density at radius 1 is 1.12 bits per heavy atom. The first-order chi connectivity index (χ1) is 15.8.